The van der Waals surface area contributed by atoms with Gasteiger partial charge in [-0.2, -0.15) is 4.39 Å². The van der Waals surface area contributed by atoms with Crippen molar-refractivity contribution in [2.24, 2.45) is 0 Å². The van der Waals surface area contributed by atoms with E-state index in [1.165, 1.54) is 13.8 Å². The minimum absolute atomic E-state index is 0.0595. The molecule has 0 atom stereocenters. The van der Waals surface area contributed by atoms with Gasteiger partial charge in [0.05, 0.1) is 0 Å². The number of halogens is 1. The van der Waals surface area contributed by atoms with E-state index in [1.54, 1.807) is 6.92 Å². The lowest BCUT2D eigenvalue weighted by Gasteiger charge is -1.98. The van der Waals surface area contributed by atoms with E-state index in [9.17, 15) is 9.18 Å². The number of carbonyl (C=O) groups excluding carboxylic acids is 1. The van der Waals surface area contributed by atoms with Gasteiger partial charge in [-0.15, -0.1) is 5.92 Å². The van der Waals surface area contributed by atoms with Gasteiger partial charge in [0.25, 0.3) is 0 Å². The van der Waals surface area contributed by atoms with Crippen molar-refractivity contribution in [2.45, 2.75) is 20.8 Å². The van der Waals surface area contributed by atoms with Crippen molar-refractivity contribution in [3.05, 3.63) is 11.4 Å². The van der Waals surface area contributed by atoms with Crippen LogP contribution < -0.4 is 0 Å². The molecule has 0 amide bonds. The molecule has 0 bridgehead atoms. The Morgan fingerprint density at radius 2 is 2.08 bits per heavy atom. The molecule has 0 fully saturated rings. The number of allylic oxidation sites excluding steroid dienone is 1. The molecule has 0 saturated carbocycles. The third-order valence-electron chi connectivity index (χ3n) is 1.07. The highest BCUT2D eigenvalue weighted by Gasteiger charge is 2.10. The molecule has 0 aliphatic rings. The molecule has 0 saturated heterocycles. The number of hydrogen-bond acceptors (Lipinski definition) is 2. The monoisotopic (exact) mass is 170 g/mol. The van der Waals surface area contributed by atoms with Gasteiger partial charge in [0.1, 0.15) is 0 Å². The van der Waals surface area contributed by atoms with E-state index < -0.39 is 11.8 Å². The zero-order valence-electron chi connectivity index (χ0n) is 7.40. The Hall–Kier alpha value is -1.30. The first kappa shape index (κ1) is 10.7. The Labute approximate surface area is 71.4 Å². The molecule has 0 rings (SSSR count). The van der Waals surface area contributed by atoms with Crippen molar-refractivity contribution in [3.63, 3.8) is 0 Å². The molecule has 2 nitrogen and oxygen atoms in total. The second-order valence-corrected chi connectivity index (χ2v) is 2.32. The minimum atomic E-state index is -0.947. The average Bonchev–Trinajstić information content (AvgIpc) is 2.03. The molecule has 0 aliphatic carbocycles. The number of carbonyl (C=O) groups is 1. The fourth-order valence-electron chi connectivity index (χ4n) is 0.441. The van der Waals surface area contributed by atoms with Crippen molar-refractivity contribution in [1.29, 1.82) is 0 Å². The molecule has 0 unspecified atom stereocenters. The number of ether oxygens (including phenoxy) is 1. The Bertz CT molecular complexity index is 251. The van der Waals surface area contributed by atoms with Crippen molar-refractivity contribution >= 4 is 5.97 Å². The van der Waals surface area contributed by atoms with Gasteiger partial charge in [0, 0.05) is 0 Å². The SMILES string of the molecule is CC#CCOC(=O)C(F)=C(C)C. The first-order valence-electron chi connectivity index (χ1n) is 3.49. The summed E-state index contributed by atoms with van der Waals surface area (Å²) < 4.78 is 17.2. The fraction of sp³-hybridized carbons (Fsp3) is 0.444. The first-order valence-corrected chi connectivity index (χ1v) is 3.49. The summed E-state index contributed by atoms with van der Waals surface area (Å²) >= 11 is 0. The quantitative estimate of drug-likeness (QED) is 0.359. The van der Waals surface area contributed by atoms with Gasteiger partial charge in [0.15, 0.2) is 6.61 Å². The zero-order chi connectivity index (χ0) is 9.56. The molecule has 66 valence electrons. The van der Waals surface area contributed by atoms with E-state index >= 15 is 0 Å². The van der Waals surface area contributed by atoms with Crippen LogP contribution in [-0.2, 0) is 9.53 Å². The van der Waals surface area contributed by atoms with Crippen LogP contribution in [0.15, 0.2) is 11.4 Å². The van der Waals surface area contributed by atoms with Gasteiger partial charge in [-0.1, -0.05) is 5.92 Å². The molecular formula is C9H11FO2. The summed E-state index contributed by atoms with van der Waals surface area (Å²) in [6.07, 6.45) is 0. The van der Waals surface area contributed by atoms with Crippen molar-refractivity contribution in [3.8, 4) is 11.8 Å². The van der Waals surface area contributed by atoms with Crippen LogP contribution in [0.25, 0.3) is 0 Å². The van der Waals surface area contributed by atoms with Crippen LogP contribution >= 0.6 is 0 Å². The van der Waals surface area contributed by atoms with Gasteiger partial charge in [-0.05, 0) is 26.3 Å². The highest BCUT2D eigenvalue weighted by Crippen LogP contribution is 2.06. The lowest BCUT2D eigenvalue weighted by atomic mass is 10.3. The third kappa shape index (κ3) is 3.77. The smallest absolute Gasteiger partial charge is 0.368 e. The minimum Gasteiger partial charge on any atom is -0.447 e. The average molecular weight is 170 g/mol. The third-order valence-corrected chi connectivity index (χ3v) is 1.07. The van der Waals surface area contributed by atoms with Crippen molar-refractivity contribution in [2.75, 3.05) is 6.61 Å². The number of hydrogen-bond donors (Lipinski definition) is 0. The molecule has 0 heterocycles. The molecular weight excluding hydrogens is 159 g/mol. The van der Waals surface area contributed by atoms with E-state index in [0.717, 1.165) is 0 Å². The highest BCUT2D eigenvalue weighted by atomic mass is 19.1. The summed E-state index contributed by atoms with van der Waals surface area (Å²) in [4.78, 5) is 10.7. The maximum absolute atomic E-state index is 12.7. The lowest BCUT2D eigenvalue weighted by molar-refractivity contribution is -0.139. The molecule has 0 N–H and O–H groups in total. The van der Waals surface area contributed by atoms with Crippen LogP contribution in [0.5, 0.6) is 0 Å². The summed E-state index contributed by atoms with van der Waals surface area (Å²) in [6, 6.07) is 0. The molecule has 12 heavy (non-hydrogen) atoms. The predicted octanol–water partition coefficient (Wildman–Crippen LogP) is 1.82. The van der Waals surface area contributed by atoms with E-state index in [4.69, 9.17) is 0 Å². The standard InChI is InChI=1S/C9H11FO2/c1-4-5-6-12-9(11)8(10)7(2)3/h6H2,1-3H3. The normalized spacial score (nSPS) is 8.00. The maximum atomic E-state index is 12.7. The van der Waals surface area contributed by atoms with Crippen LogP contribution in [0.4, 0.5) is 4.39 Å². The lowest BCUT2D eigenvalue weighted by Crippen LogP contribution is -2.06. The van der Waals surface area contributed by atoms with Gasteiger partial charge >= 0.3 is 5.97 Å². The summed E-state index contributed by atoms with van der Waals surface area (Å²) in [5, 5.41) is 0. The van der Waals surface area contributed by atoms with E-state index in [0.29, 0.717) is 5.57 Å². The molecule has 0 aromatic heterocycles. The van der Waals surface area contributed by atoms with E-state index in [-0.39, 0.29) is 6.61 Å². The van der Waals surface area contributed by atoms with Crippen LogP contribution in [0.3, 0.4) is 0 Å². The van der Waals surface area contributed by atoms with Gasteiger partial charge in [0.2, 0.25) is 5.83 Å². The molecule has 0 aromatic carbocycles. The predicted molar refractivity (Wildman–Crippen MR) is 43.9 cm³/mol. The Balaban J connectivity index is 4.03. The fourth-order valence-corrected chi connectivity index (χ4v) is 0.441. The molecule has 0 radical (unpaired) electrons. The Kier molecular flexibility index (Phi) is 4.78. The highest BCUT2D eigenvalue weighted by molar-refractivity contribution is 5.86. The topological polar surface area (TPSA) is 26.3 Å². The zero-order valence-corrected chi connectivity index (χ0v) is 7.40. The van der Waals surface area contributed by atoms with E-state index in [2.05, 4.69) is 16.6 Å². The molecule has 3 heteroatoms. The van der Waals surface area contributed by atoms with Crippen LogP contribution in [0.2, 0.25) is 0 Å². The summed E-state index contributed by atoms with van der Waals surface area (Å²) in [6.45, 7) is 4.56. The first-order chi connectivity index (χ1) is 5.59. The van der Waals surface area contributed by atoms with Crippen molar-refractivity contribution < 1.29 is 13.9 Å². The summed E-state index contributed by atoms with van der Waals surface area (Å²) in [7, 11) is 0. The van der Waals surface area contributed by atoms with Gasteiger partial charge in [-0.3, -0.25) is 0 Å². The van der Waals surface area contributed by atoms with Crippen molar-refractivity contribution in [1.82, 2.24) is 0 Å². The van der Waals surface area contributed by atoms with Crippen LogP contribution in [-0.4, -0.2) is 12.6 Å². The largest absolute Gasteiger partial charge is 0.447 e. The number of rotatable bonds is 2. The molecule has 0 aromatic rings. The van der Waals surface area contributed by atoms with Crippen LogP contribution in [0, 0.1) is 11.8 Å². The molecule has 0 aliphatic heterocycles. The van der Waals surface area contributed by atoms with Gasteiger partial charge < -0.3 is 4.74 Å². The second kappa shape index (κ2) is 5.36. The second-order valence-electron chi connectivity index (χ2n) is 2.32. The number of esters is 1. The Morgan fingerprint density at radius 1 is 1.50 bits per heavy atom. The van der Waals surface area contributed by atoms with Crippen LogP contribution in [0.1, 0.15) is 20.8 Å². The summed E-state index contributed by atoms with van der Waals surface area (Å²) in [5.74, 6) is 3.23. The van der Waals surface area contributed by atoms with E-state index in [1.807, 2.05) is 0 Å². The van der Waals surface area contributed by atoms with Gasteiger partial charge in [-0.25, -0.2) is 4.79 Å². The summed E-state index contributed by atoms with van der Waals surface area (Å²) in [5.41, 5.74) is 0.310. The maximum Gasteiger partial charge on any atom is 0.368 e. The molecule has 0 spiro atoms. The Morgan fingerprint density at radius 3 is 2.50 bits per heavy atom.